The zero-order chi connectivity index (χ0) is 12.1. The van der Waals surface area contributed by atoms with E-state index in [0.717, 1.165) is 0 Å². The summed E-state index contributed by atoms with van der Waals surface area (Å²) in [6, 6.07) is 10.1. The first-order valence-electron chi connectivity index (χ1n) is 5.64. The Kier molecular flexibility index (Phi) is 3.55. The third-order valence-corrected chi connectivity index (χ3v) is 2.48. The van der Waals surface area contributed by atoms with Gasteiger partial charge in [0.25, 0.3) is 0 Å². The van der Waals surface area contributed by atoms with E-state index in [1.807, 2.05) is 48.0 Å². The van der Waals surface area contributed by atoms with Gasteiger partial charge in [-0.1, -0.05) is 37.3 Å². The molecule has 0 unspecified atom stereocenters. The van der Waals surface area contributed by atoms with Crippen LogP contribution in [0.3, 0.4) is 0 Å². The van der Waals surface area contributed by atoms with E-state index in [0.29, 0.717) is 18.9 Å². The van der Waals surface area contributed by atoms with Gasteiger partial charge in [0.15, 0.2) is 0 Å². The Balaban J connectivity index is 2.12. The molecule has 1 heterocycles. The van der Waals surface area contributed by atoms with E-state index < -0.39 is 0 Å². The van der Waals surface area contributed by atoms with E-state index in [2.05, 4.69) is 10.3 Å². The highest BCUT2D eigenvalue weighted by Crippen LogP contribution is 2.09. The van der Waals surface area contributed by atoms with Crippen LogP contribution in [-0.4, -0.2) is 15.5 Å². The molecule has 4 nitrogen and oxygen atoms in total. The average Bonchev–Trinajstić information content (AvgIpc) is 2.78. The molecule has 0 aliphatic heterocycles. The molecule has 4 heteroatoms. The van der Waals surface area contributed by atoms with Crippen molar-refractivity contribution in [1.29, 1.82) is 0 Å². The van der Waals surface area contributed by atoms with Crippen LogP contribution >= 0.6 is 0 Å². The van der Waals surface area contributed by atoms with Gasteiger partial charge in [-0.2, -0.15) is 0 Å². The largest absolute Gasteiger partial charge is 0.313 e. The fourth-order valence-corrected chi connectivity index (χ4v) is 1.55. The van der Waals surface area contributed by atoms with Crippen molar-refractivity contribution in [3.63, 3.8) is 0 Å². The fourth-order valence-electron chi connectivity index (χ4n) is 1.55. The van der Waals surface area contributed by atoms with E-state index in [9.17, 15) is 4.79 Å². The van der Waals surface area contributed by atoms with Crippen LogP contribution in [0.5, 0.6) is 0 Å². The SMILES string of the molecule is CCC(=O)Nc1nccn1Cc1ccccc1. The minimum atomic E-state index is -0.0227. The van der Waals surface area contributed by atoms with E-state index in [1.54, 1.807) is 6.20 Å². The van der Waals surface area contributed by atoms with Crippen LogP contribution in [0.1, 0.15) is 18.9 Å². The van der Waals surface area contributed by atoms with Gasteiger partial charge in [0, 0.05) is 18.8 Å². The molecule has 1 amide bonds. The molecule has 0 aliphatic carbocycles. The van der Waals surface area contributed by atoms with Gasteiger partial charge in [-0.25, -0.2) is 4.98 Å². The summed E-state index contributed by atoms with van der Waals surface area (Å²) >= 11 is 0. The first-order chi connectivity index (χ1) is 8.29. The molecule has 0 saturated heterocycles. The van der Waals surface area contributed by atoms with Crippen molar-refractivity contribution in [3.8, 4) is 0 Å². The summed E-state index contributed by atoms with van der Waals surface area (Å²) in [7, 11) is 0. The van der Waals surface area contributed by atoms with Crippen molar-refractivity contribution in [3.05, 3.63) is 48.3 Å². The molecule has 1 aromatic heterocycles. The topological polar surface area (TPSA) is 46.9 Å². The summed E-state index contributed by atoms with van der Waals surface area (Å²) in [5.74, 6) is 0.575. The molecule has 1 N–H and O–H groups in total. The lowest BCUT2D eigenvalue weighted by atomic mass is 10.2. The highest BCUT2D eigenvalue weighted by Gasteiger charge is 2.05. The third kappa shape index (κ3) is 2.93. The molecule has 0 fully saturated rings. The number of amides is 1. The molecule has 1 aromatic carbocycles. The Bertz CT molecular complexity index is 490. The van der Waals surface area contributed by atoms with Crippen LogP contribution in [0, 0.1) is 0 Å². The molecule has 0 saturated carbocycles. The van der Waals surface area contributed by atoms with Gasteiger partial charge in [-0.3, -0.25) is 10.1 Å². The monoisotopic (exact) mass is 229 g/mol. The van der Waals surface area contributed by atoms with Crippen molar-refractivity contribution >= 4 is 11.9 Å². The van der Waals surface area contributed by atoms with E-state index >= 15 is 0 Å². The number of carbonyl (C=O) groups is 1. The Labute approximate surface area is 100 Å². The number of hydrogen-bond donors (Lipinski definition) is 1. The second-order valence-electron chi connectivity index (χ2n) is 3.77. The van der Waals surface area contributed by atoms with Gasteiger partial charge in [-0.05, 0) is 5.56 Å². The van der Waals surface area contributed by atoms with Crippen molar-refractivity contribution < 1.29 is 4.79 Å². The summed E-state index contributed by atoms with van der Waals surface area (Å²) < 4.78 is 1.92. The van der Waals surface area contributed by atoms with Crippen LogP contribution in [0.2, 0.25) is 0 Å². The van der Waals surface area contributed by atoms with Crippen molar-refractivity contribution in [1.82, 2.24) is 9.55 Å². The first kappa shape index (κ1) is 11.4. The quantitative estimate of drug-likeness (QED) is 0.874. The van der Waals surface area contributed by atoms with E-state index in [1.165, 1.54) is 5.56 Å². The van der Waals surface area contributed by atoms with Gasteiger partial charge in [0.05, 0.1) is 6.54 Å². The lowest BCUT2D eigenvalue weighted by Crippen LogP contribution is -2.14. The Morgan fingerprint density at radius 1 is 1.35 bits per heavy atom. The molecular formula is C13H15N3O. The fraction of sp³-hybridized carbons (Fsp3) is 0.231. The zero-order valence-electron chi connectivity index (χ0n) is 9.76. The van der Waals surface area contributed by atoms with Gasteiger partial charge >= 0.3 is 0 Å². The average molecular weight is 229 g/mol. The summed E-state index contributed by atoms with van der Waals surface area (Å²) in [6.07, 6.45) is 4.00. The molecule has 0 aliphatic rings. The maximum Gasteiger partial charge on any atom is 0.226 e. The van der Waals surface area contributed by atoms with Gasteiger partial charge < -0.3 is 4.57 Å². The highest BCUT2D eigenvalue weighted by molar-refractivity contribution is 5.88. The summed E-state index contributed by atoms with van der Waals surface area (Å²) in [4.78, 5) is 15.5. The van der Waals surface area contributed by atoms with Gasteiger partial charge in [0.2, 0.25) is 11.9 Å². The number of carbonyl (C=O) groups excluding carboxylic acids is 1. The minimum absolute atomic E-state index is 0.0227. The molecule has 0 radical (unpaired) electrons. The highest BCUT2D eigenvalue weighted by atomic mass is 16.1. The van der Waals surface area contributed by atoms with Gasteiger partial charge in [0.1, 0.15) is 0 Å². The number of rotatable bonds is 4. The number of anilines is 1. The molecule has 17 heavy (non-hydrogen) atoms. The van der Waals surface area contributed by atoms with Crippen molar-refractivity contribution in [2.24, 2.45) is 0 Å². The van der Waals surface area contributed by atoms with Crippen LogP contribution in [0.4, 0.5) is 5.95 Å². The lowest BCUT2D eigenvalue weighted by Gasteiger charge is -2.08. The molecule has 0 bridgehead atoms. The molecule has 2 aromatic rings. The zero-order valence-corrected chi connectivity index (χ0v) is 9.76. The third-order valence-electron chi connectivity index (χ3n) is 2.48. The number of nitrogens with zero attached hydrogens (tertiary/aromatic N) is 2. The van der Waals surface area contributed by atoms with Crippen molar-refractivity contribution in [2.45, 2.75) is 19.9 Å². The molecule has 2 rings (SSSR count). The van der Waals surface area contributed by atoms with Crippen LogP contribution in [0.25, 0.3) is 0 Å². The predicted octanol–water partition coefficient (Wildman–Crippen LogP) is 2.28. The Morgan fingerprint density at radius 3 is 2.82 bits per heavy atom. The van der Waals surface area contributed by atoms with E-state index in [-0.39, 0.29) is 5.91 Å². The van der Waals surface area contributed by atoms with Crippen LogP contribution < -0.4 is 5.32 Å². The first-order valence-corrected chi connectivity index (χ1v) is 5.64. The van der Waals surface area contributed by atoms with Gasteiger partial charge in [-0.15, -0.1) is 0 Å². The van der Waals surface area contributed by atoms with E-state index in [4.69, 9.17) is 0 Å². The smallest absolute Gasteiger partial charge is 0.226 e. The predicted molar refractivity (Wildman–Crippen MR) is 66.7 cm³/mol. The normalized spacial score (nSPS) is 10.2. The Morgan fingerprint density at radius 2 is 2.12 bits per heavy atom. The molecular weight excluding hydrogens is 214 g/mol. The summed E-state index contributed by atoms with van der Waals surface area (Å²) in [6.45, 7) is 2.53. The number of aromatic nitrogens is 2. The number of imidazole rings is 1. The van der Waals surface area contributed by atoms with Crippen LogP contribution in [-0.2, 0) is 11.3 Å². The van der Waals surface area contributed by atoms with Crippen molar-refractivity contribution in [2.75, 3.05) is 5.32 Å². The maximum atomic E-state index is 11.3. The second kappa shape index (κ2) is 5.30. The summed E-state index contributed by atoms with van der Waals surface area (Å²) in [5, 5.41) is 2.77. The molecule has 0 spiro atoms. The standard InChI is InChI=1S/C13H15N3O/c1-2-12(17)15-13-14-8-9-16(13)10-11-6-4-3-5-7-11/h3-9H,2,10H2,1H3,(H,14,15,17). The lowest BCUT2D eigenvalue weighted by molar-refractivity contribution is -0.115. The summed E-state index contributed by atoms with van der Waals surface area (Å²) in [5.41, 5.74) is 1.18. The molecule has 88 valence electrons. The van der Waals surface area contributed by atoms with Crippen LogP contribution in [0.15, 0.2) is 42.7 Å². The number of nitrogens with one attached hydrogen (secondary N) is 1. The molecule has 0 atom stereocenters. The maximum absolute atomic E-state index is 11.3. The number of hydrogen-bond acceptors (Lipinski definition) is 2. The number of benzene rings is 1. The second-order valence-corrected chi connectivity index (χ2v) is 3.77. The Hall–Kier alpha value is -2.10. The minimum Gasteiger partial charge on any atom is -0.313 e.